The van der Waals surface area contributed by atoms with Crippen molar-refractivity contribution in [1.29, 1.82) is 0 Å². The molecule has 0 radical (unpaired) electrons. The van der Waals surface area contributed by atoms with E-state index in [1.54, 1.807) is 7.05 Å². The van der Waals surface area contributed by atoms with Gasteiger partial charge in [-0.3, -0.25) is 9.79 Å². The number of carbonyl (C=O) groups is 1. The summed E-state index contributed by atoms with van der Waals surface area (Å²) in [5, 5.41) is 9.46. The molecule has 1 aromatic rings. The van der Waals surface area contributed by atoms with Gasteiger partial charge in [0, 0.05) is 32.2 Å². The highest BCUT2D eigenvalue weighted by molar-refractivity contribution is 5.94. The van der Waals surface area contributed by atoms with E-state index in [4.69, 9.17) is 0 Å². The summed E-state index contributed by atoms with van der Waals surface area (Å²) in [6.45, 7) is 8.59. The van der Waals surface area contributed by atoms with Gasteiger partial charge in [-0.25, -0.2) is 0 Å². The lowest BCUT2D eigenvalue weighted by Crippen LogP contribution is -2.39. The molecule has 5 heteroatoms. The first-order chi connectivity index (χ1) is 11.1. The first kappa shape index (κ1) is 19.0. The van der Waals surface area contributed by atoms with Gasteiger partial charge in [-0.15, -0.1) is 0 Å². The second kappa shape index (κ2) is 10.6. The molecule has 0 unspecified atom stereocenters. The van der Waals surface area contributed by atoms with Crippen molar-refractivity contribution in [2.75, 3.05) is 20.1 Å². The molecule has 1 aromatic carbocycles. The van der Waals surface area contributed by atoms with Gasteiger partial charge in [-0.2, -0.15) is 0 Å². The number of benzene rings is 1. The molecule has 1 rings (SSSR count). The zero-order valence-corrected chi connectivity index (χ0v) is 14.8. The average molecular weight is 318 g/mol. The number of hydrogen-bond donors (Lipinski definition) is 3. The van der Waals surface area contributed by atoms with E-state index in [9.17, 15) is 4.79 Å². The number of guanidine groups is 1. The van der Waals surface area contributed by atoms with Crippen molar-refractivity contribution in [3.05, 3.63) is 35.4 Å². The average Bonchev–Trinajstić information content (AvgIpc) is 2.59. The maximum absolute atomic E-state index is 11.7. The lowest BCUT2D eigenvalue weighted by atomic mass is 10.0. The topological polar surface area (TPSA) is 65.5 Å². The molecule has 0 atom stereocenters. The highest BCUT2D eigenvalue weighted by Crippen LogP contribution is 2.06. The van der Waals surface area contributed by atoms with E-state index in [2.05, 4.69) is 34.8 Å². The van der Waals surface area contributed by atoms with Crippen LogP contribution in [0, 0.1) is 5.92 Å². The van der Waals surface area contributed by atoms with E-state index in [0.29, 0.717) is 24.6 Å². The van der Waals surface area contributed by atoms with Crippen LogP contribution in [0.15, 0.2) is 29.3 Å². The monoisotopic (exact) mass is 318 g/mol. The maximum atomic E-state index is 11.7. The van der Waals surface area contributed by atoms with E-state index in [1.165, 1.54) is 12.8 Å². The Hall–Kier alpha value is -2.04. The predicted molar refractivity (Wildman–Crippen MR) is 96.7 cm³/mol. The summed E-state index contributed by atoms with van der Waals surface area (Å²) < 4.78 is 0. The molecular weight excluding hydrogens is 288 g/mol. The lowest BCUT2D eigenvalue weighted by Gasteiger charge is -2.16. The van der Waals surface area contributed by atoms with E-state index in [1.807, 2.05) is 31.2 Å². The Morgan fingerprint density at radius 2 is 1.70 bits per heavy atom. The summed E-state index contributed by atoms with van der Waals surface area (Å²) in [6.07, 6.45) is 2.34. The quantitative estimate of drug-likeness (QED) is 0.510. The second-order valence-corrected chi connectivity index (χ2v) is 5.55. The number of nitrogens with zero attached hydrogens (tertiary/aromatic N) is 1. The fourth-order valence-corrected chi connectivity index (χ4v) is 2.26. The van der Waals surface area contributed by atoms with Crippen LogP contribution < -0.4 is 16.0 Å². The van der Waals surface area contributed by atoms with Crippen molar-refractivity contribution in [2.45, 2.75) is 40.2 Å². The number of aliphatic imine (C=N–C) groups is 1. The van der Waals surface area contributed by atoms with Crippen LogP contribution in [-0.2, 0) is 6.54 Å². The molecule has 0 saturated heterocycles. The Kier molecular flexibility index (Phi) is 8.80. The number of nitrogens with one attached hydrogen (secondary N) is 3. The molecule has 0 spiro atoms. The molecule has 0 bridgehead atoms. The smallest absolute Gasteiger partial charge is 0.251 e. The molecule has 0 heterocycles. The van der Waals surface area contributed by atoms with Gasteiger partial charge >= 0.3 is 0 Å². The van der Waals surface area contributed by atoms with Gasteiger partial charge in [0.25, 0.3) is 5.91 Å². The van der Waals surface area contributed by atoms with Crippen LogP contribution in [0.5, 0.6) is 0 Å². The zero-order valence-electron chi connectivity index (χ0n) is 14.8. The first-order valence-electron chi connectivity index (χ1n) is 8.46. The third kappa shape index (κ3) is 6.72. The molecule has 0 saturated carbocycles. The van der Waals surface area contributed by atoms with Gasteiger partial charge in [0.15, 0.2) is 5.96 Å². The summed E-state index contributed by atoms with van der Waals surface area (Å²) in [7, 11) is 1.78. The van der Waals surface area contributed by atoms with Gasteiger partial charge < -0.3 is 16.0 Å². The highest BCUT2D eigenvalue weighted by atomic mass is 16.1. The van der Waals surface area contributed by atoms with E-state index in [-0.39, 0.29) is 5.91 Å². The van der Waals surface area contributed by atoms with Crippen molar-refractivity contribution in [2.24, 2.45) is 10.9 Å². The summed E-state index contributed by atoms with van der Waals surface area (Å²) in [5.41, 5.74) is 1.80. The number of rotatable bonds is 8. The normalized spacial score (nSPS) is 11.4. The fourth-order valence-electron chi connectivity index (χ4n) is 2.26. The van der Waals surface area contributed by atoms with Crippen LogP contribution >= 0.6 is 0 Å². The van der Waals surface area contributed by atoms with E-state index >= 15 is 0 Å². The van der Waals surface area contributed by atoms with Crippen molar-refractivity contribution in [3.63, 3.8) is 0 Å². The summed E-state index contributed by atoms with van der Waals surface area (Å²) >= 11 is 0. The summed E-state index contributed by atoms with van der Waals surface area (Å²) in [6, 6.07) is 7.63. The van der Waals surface area contributed by atoms with Crippen molar-refractivity contribution >= 4 is 11.9 Å². The number of hydrogen-bond acceptors (Lipinski definition) is 2. The lowest BCUT2D eigenvalue weighted by molar-refractivity contribution is 0.0956. The van der Waals surface area contributed by atoms with Gasteiger partial charge in [0.2, 0.25) is 0 Å². The number of amides is 1. The molecule has 1 amide bonds. The van der Waals surface area contributed by atoms with Crippen molar-refractivity contribution in [3.8, 4) is 0 Å². The fraction of sp³-hybridized carbons (Fsp3) is 0.556. The minimum atomic E-state index is -0.0327. The molecule has 23 heavy (non-hydrogen) atoms. The SMILES string of the molecule is CCNC(=O)c1ccc(CNC(=NC)NCC(CC)CC)cc1. The van der Waals surface area contributed by atoms with Crippen LogP contribution in [-0.4, -0.2) is 32.0 Å². The van der Waals surface area contributed by atoms with Gasteiger partial charge in [-0.05, 0) is 30.5 Å². The Bertz CT molecular complexity index is 492. The molecule has 3 N–H and O–H groups in total. The van der Waals surface area contributed by atoms with Gasteiger partial charge in [0.1, 0.15) is 0 Å². The standard InChI is InChI=1S/C18H30N4O/c1-5-14(6-2)12-21-18(19-4)22-13-15-8-10-16(11-9-15)17(23)20-7-3/h8-11,14H,5-7,12-13H2,1-4H3,(H,20,23)(H2,19,21,22). The zero-order chi connectivity index (χ0) is 17.1. The predicted octanol–water partition coefficient (Wildman–Crippen LogP) is 2.54. The highest BCUT2D eigenvalue weighted by Gasteiger charge is 2.06. The molecule has 0 aromatic heterocycles. The molecule has 0 fully saturated rings. The first-order valence-corrected chi connectivity index (χ1v) is 8.46. The Morgan fingerprint density at radius 1 is 1.04 bits per heavy atom. The van der Waals surface area contributed by atoms with Crippen molar-refractivity contribution in [1.82, 2.24) is 16.0 Å². The molecular formula is C18H30N4O. The van der Waals surface area contributed by atoms with Gasteiger partial charge in [-0.1, -0.05) is 38.8 Å². The van der Waals surface area contributed by atoms with Crippen LogP contribution in [0.3, 0.4) is 0 Å². The van der Waals surface area contributed by atoms with Crippen LogP contribution in [0.2, 0.25) is 0 Å². The molecule has 5 nitrogen and oxygen atoms in total. The third-order valence-electron chi connectivity index (χ3n) is 3.95. The number of carbonyl (C=O) groups excluding carboxylic acids is 1. The van der Waals surface area contributed by atoms with Crippen LogP contribution in [0.1, 0.15) is 49.5 Å². The van der Waals surface area contributed by atoms with Crippen LogP contribution in [0.25, 0.3) is 0 Å². The Balaban J connectivity index is 2.48. The largest absolute Gasteiger partial charge is 0.356 e. The van der Waals surface area contributed by atoms with E-state index < -0.39 is 0 Å². The van der Waals surface area contributed by atoms with Crippen molar-refractivity contribution < 1.29 is 4.79 Å². The Labute approximate surface area is 140 Å². The Morgan fingerprint density at radius 3 is 2.22 bits per heavy atom. The molecule has 0 aliphatic carbocycles. The molecule has 0 aliphatic heterocycles. The summed E-state index contributed by atoms with van der Waals surface area (Å²) in [5.74, 6) is 1.45. The maximum Gasteiger partial charge on any atom is 0.251 e. The minimum Gasteiger partial charge on any atom is -0.356 e. The van der Waals surface area contributed by atoms with Gasteiger partial charge in [0.05, 0.1) is 0 Å². The summed E-state index contributed by atoms with van der Waals surface area (Å²) in [4.78, 5) is 16.0. The third-order valence-corrected chi connectivity index (χ3v) is 3.95. The molecule has 128 valence electrons. The molecule has 0 aliphatic rings. The second-order valence-electron chi connectivity index (χ2n) is 5.55. The minimum absolute atomic E-state index is 0.0327. The van der Waals surface area contributed by atoms with Crippen LogP contribution in [0.4, 0.5) is 0 Å². The van der Waals surface area contributed by atoms with E-state index in [0.717, 1.165) is 18.1 Å².